The molecule has 35 heavy (non-hydrogen) atoms. The molecule has 6 nitrogen and oxygen atoms in total. The summed E-state index contributed by atoms with van der Waals surface area (Å²) in [4.78, 5) is 20.7. The monoisotopic (exact) mass is 468 g/mol. The van der Waals surface area contributed by atoms with Gasteiger partial charge in [0.05, 0.1) is 28.9 Å². The number of hydrogen-bond donors (Lipinski definition) is 1. The number of rotatable bonds is 5. The zero-order valence-electron chi connectivity index (χ0n) is 20.6. The van der Waals surface area contributed by atoms with Crippen molar-refractivity contribution in [1.82, 2.24) is 19.7 Å². The van der Waals surface area contributed by atoms with Gasteiger partial charge in [0.25, 0.3) is 5.91 Å². The van der Waals surface area contributed by atoms with Gasteiger partial charge in [-0.15, -0.1) is 0 Å². The smallest absolute Gasteiger partial charge is 0.254 e. The Morgan fingerprint density at radius 2 is 1.71 bits per heavy atom. The fraction of sp³-hybridized carbons (Fsp3) is 0.345. The highest BCUT2D eigenvalue weighted by atomic mass is 16.3. The average Bonchev–Trinajstić information content (AvgIpc) is 3.33. The molecule has 4 aromatic rings. The van der Waals surface area contributed by atoms with Gasteiger partial charge in [0, 0.05) is 24.7 Å². The number of pyridine rings is 1. The fourth-order valence-corrected chi connectivity index (χ4v) is 5.08. The molecule has 1 aliphatic rings. The van der Waals surface area contributed by atoms with Gasteiger partial charge in [-0.2, -0.15) is 5.10 Å². The van der Waals surface area contributed by atoms with Crippen LogP contribution in [0, 0.1) is 12.8 Å². The molecular formula is C29H32N4O2. The van der Waals surface area contributed by atoms with Gasteiger partial charge in [-0.3, -0.25) is 4.79 Å². The summed E-state index contributed by atoms with van der Waals surface area (Å²) in [5, 5.41) is 16.2. The quantitative estimate of drug-likeness (QED) is 0.415. The Morgan fingerprint density at radius 1 is 1.03 bits per heavy atom. The molecule has 5 rings (SSSR count). The molecular weight excluding hydrogens is 436 g/mol. The van der Waals surface area contributed by atoms with E-state index in [0.717, 1.165) is 46.3 Å². The summed E-state index contributed by atoms with van der Waals surface area (Å²) in [5.74, 6) is 0.147. The third kappa shape index (κ3) is 4.46. The van der Waals surface area contributed by atoms with Gasteiger partial charge < -0.3 is 10.0 Å². The number of fused-ring (bicyclic) bond motifs is 1. The number of aliphatic hydroxyl groups is 1. The lowest BCUT2D eigenvalue weighted by Gasteiger charge is -2.34. The highest BCUT2D eigenvalue weighted by Crippen LogP contribution is 2.33. The topological polar surface area (TPSA) is 71.2 Å². The minimum absolute atomic E-state index is 0.00295. The Hall–Kier alpha value is -3.51. The first kappa shape index (κ1) is 23.2. The normalized spacial score (nSPS) is 15.6. The largest absolute Gasteiger partial charge is 0.388 e. The number of likely N-dealkylation sites (tertiary alicyclic amines) is 1. The summed E-state index contributed by atoms with van der Waals surface area (Å²) in [5.41, 5.74) is 5.24. The number of aromatic nitrogens is 3. The predicted octanol–water partition coefficient (Wildman–Crippen LogP) is 5.57. The van der Waals surface area contributed by atoms with Gasteiger partial charge in [0.2, 0.25) is 0 Å². The van der Waals surface area contributed by atoms with E-state index in [1.54, 1.807) is 6.20 Å². The second kappa shape index (κ2) is 9.62. The molecule has 6 heteroatoms. The molecule has 0 saturated carbocycles. The van der Waals surface area contributed by atoms with Crippen molar-refractivity contribution in [3.8, 4) is 11.3 Å². The number of aryl methyl sites for hydroxylation is 1. The van der Waals surface area contributed by atoms with Crippen LogP contribution in [0.25, 0.3) is 22.3 Å². The maximum absolute atomic E-state index is 13.8. The van der Waals surface area contributed by atoms with Gasteiger partial charge in [-0.1, -0.05) is 54.6 Å². The van der Waals surface area contributed by atoms with Gasteiger partial charge in [-0.05, 0) is 56.7 Å². The number of benzene rings is 2. The van der Waals surface area contributed by atoms with Crippen molar-refractivity contribution in [3.63, 3.8) is 0 Å². The molecule has 1 fully saturated rings. The first-order valence-corrected chi connectivity index (χ1v) is 12.4. The number of nitrogens with zero attached hydrogens (tertiary/aromatic N) is 4. The third-order valence-corrected chi connectivity index (χ3v) is 7.12. The predicted molar refractivity (Wildman–Crippen MR) is 138 cm³/mol. The van der Waals surface area contributed by atoms with Crippen LogP contribution in [0.4, 0.5) is 0 Å². The van der Waals surface area contributed by atoms with Crippen LogP contribution in [0.2, 0.25) is 0 Å². The van der Waals surface area contributed by atoms with Crippen molar-refractivity contribution in [3.05, 3.63) is 83.6 Å². The Labute approximate surface area is 206 Å². The van der Waals surface area contributed by atoms with Crippen molar-refractivity contribution in [1.29, 1.82) is 0 Å². The van der Waals surface area contributed by atoms with Gasteiger partial charge in [-0.25, -0.2) is 9.67 Å². The van der Waals surface area contributed by atoms with Crippen LogP contribution in [-0.2, 0) is 0 Å². The lowest BCUT2D eigenvalue weighted by Crippen LogP contribution is -2.39. The molecule has 1 saturated heterocycles. The number of carbonyl (C=O) groups is 1. The lowest BCUT2D eigenvalue weighted by atomic mass is 9.87. The molecule has 1 aliphatic heterocycles. The van der Waals surface area contributed by atoms with Gasteiger partial charge in [0.1, 0.15) is 0 Å². The maximum Gasteiger partial charge on any atom is 0.254 e. The van der Waals surface area contributed by atoms with Crippen molar-refractivity contribution in [2.45, 2.75) is 45.8 Å². The van der Waals surface area contributed by atoms with Crippen LogP contribution in [-0.4, -0.2) is 43.8 Å². The molecule has 2 aromatic carbocycles. The van der Waals surface area contributed by atoms with E-state index in [0.29, 0.717) is 18.7 Å². The van der Waals surface area contributed by atoms with E-state index in [1.165, 1.54) is 0 Å². The van der Waals surface area contributed by atoms with Gasteiger partial charge in [0.15, 0.2) is 5.65 Å². The average molecular weight is 469 g/mol. The minimum Gasteiger partial charge on any atom is -0.388 e. The second-order valence-corrected chi connectivity index (χ2v) is 9.78. The standard InChI is InChI=1S/C29H32N4O2/c1-19(2)33-28-25(18-30-33)24(17-26(31-28)23-12-8-7-9-20(23)3)29(35)32-15-13-22(14-16-32)27(34)21-10-5-4-6-11-21/h4-12,17-19,22,27,34H,13-16H2,1-3H3. The van der Waals surface area contributed by atoms with E-state index in [1.807, 2.05) is 64.2 Å². The van der Waals surface area contributed by atoms with Crippen molar-refractivity contribution >= 4 is 16.9 Å². The molecule has 0 aliphatic carbocycles. The molecule has 1 atom stereocenters. The van der Waals surface area contributed by atoms with Crippen LogP contribution >= 0.6 is 0 Å². The minimum atomic E-state index is -0.502. The SMILES string of the molecule is Cc1ccccc1-c1cc(C(=O)N2CCC(C(O)c3ccccc3)CC2)c2cnn(C(C)C)c2n1. The number of carbonyl (C=O) groups excluding carboxylic acids is 1. The van der Waals surface area contributed by atoms with Crippen LogP contribution in [0.3, 0.4) is 0 Å². The maximum atomic E-state index is 13.8. The van der Waals surface area contributed by atoms with E-state index < -0.39 is 6.10 Å². The lowest BCUT2D eigenvalue weighted by molar-refractivity contribution is 0.0463. The zero-order valence-corrected chi connectivity index (χ0v) is 20.6. The molecule has 2 aromatic heterocycles. The molecule has 0 radical (unpaired) electrons. The number of hydrogen-bond acceptors (Lipinski definition) is 4. The number of amides is 1. The van der Waals surface area contributed by atoms with Crippen LogP contribution in [0.5, 0.6) is 0 Å². The summed E-state index contributed by atoms with van der Waals surface area (Å²) in [7, 11) is 0. The van der Waals surface area contributed by atoms with Crippen molar-refractivity contribution < 1.29 is 9.90 Å². The van der Waals surface area contributed by atoms with E-state index in [2.05, 4.69) is 31.9 Å². The summed E-state index contributed by atoms with van der Waals surface area (Å²) >= 11 is 0. The van der Waals surface area contributed by atoms with Gasteiger partial charge >= 0.3 is 0 Å². The highest BCUT2D eigenvalue weighted by Gasteiger charge is 2.30. The van der Waals surface area contributed by atoms with Crippen molar-refractivity contribution in [2.24, 2.45) is 5.92 Å². The van der Waals surface area contributed by atoms with Crippen LogP contribution in [0.1, 0.15) is 60.3 Å². The molecule has 1 amide bonds. The molecule has 180 valence electrons. The first-order chi connectivity index (χ1) is 16.9. The Kier molecular flexibility index (Phi) is 6.39. The Morgan fingerprint density at radius 3 is 2.40 bits per heavy atom. The molecule has 1 unspecified atom stereocenters. The highest BCUT2D eigenvalue weighted by molar-refractivity contribution is 6.06. The molecule has 0 bridgehead atoms. The summed E-state index contributed by atoms with van der Waals surface area (Å²) in [6.07, 6.45) is 2.80. The van der Waals surface area contributed by atoms with Crippen LogP contribution < -0.4 is 0 Å². The number of piperidine rings is 1. The van der Waals surface area contributed by atoms with Crippen molar-refractivity contribution in [2.75, 3.05) is 13.1 Å². The fourth-order valence-electron chi connectivity index (χ4n) is 5.08. The summed E-state index contributed by atoms with van der Waals surface area (Å²) < 4.78 is 1.89. The van der Waals surface area contributed by atoms with E-state index in [-0.39, 0.29) is 17.9 Å². The Bertz CT molecular complexity index is 1340. The Balaban J connectivity index is 1.45. The first-order valence-electron chi connectivity index (χ1n) is 12.4. The molecule has 3 heterocycles. The van der Waals surface area contributed by atoms with E-state index in [9.17, 15) is 9.90 Å². The summed E-state index contributed by atoms with van der Waals surface area (Å²) in [6.45, 7) is 7.44. The molecule has 1 N–H and O–H groups in total. The van der Waals surface area contributed by atoms with Crippen LogP contribution in [0.15, 0.2) is 66.9 Å². The summed E-state index contributed by atoms with van der Waals surface area (Å²) in [6, 6.07) is 20.0. The number of aliphatic hydroxyl groups excluding tert-OH is 1. The third-order valence-electron chi connectivity index (χ3n) is 7.12. The second-order valence-electron chi connectivity index (χ2n) is 9.78. The zero-order chi connectivity index (χ0) is 24.5. The van der Waals surface area contributed by atoms with E-state index >= 15 is 0 Å². The van der Waals surface area contributed by atoms with E-state index in [4.69, 9.17) is 4.98 Å². The molecule has 0 spiro atoms.